The number of ether oxygens (including phenoxy) is 1. The number of alkyl carbamates (subject to hydrolysis) is 1. The van der Waals surface area contributed by atoms with Gasteiger partial charge in [-0.05, 0) is 52.3 Å². The van der Waals surface area contributed by atoms with Gasteiger partial charge in [-0.15, -0.1) is 0 Å². The van der Waals surface area contributed by atoms with Crippen molar-refractivity contribution in [1.82, 2.24) is 14.9 Å². The third-order valence-corrected chi connectivity index (χ3v) is 3.41. The number of rotatable bonds is 4. The molecule has 0 aliphatic carbocycles. The molecule has 1 unspecified atom stereocenters. The van der Waals surface area contributed by atoms with Gasteiger partial charge in [-0.2, -0.15) is 0 Å². The van der Waals surface area contributed by atoms with E-state index in [4.69, 9.17) is 4.74 Å². The second kappa shape index (κ2) is 6.51. The summed E-state index contributed by atoms with van der Waals surface area (Å²) in [6.07, 6.45) is 1.16. The van der Waals surface area contributed by atoms with Crippen LogP contribution >= 0.6 is 0 Å². The lowest BCUT2D eigenvalue weighted by molar-refractivity contribution is 0.0521. The quantitative estimate of drug-likeness (QED) is 0.896. The molecule has 0 bridgehead atoms. The fourth-order valence-corrected chi connectivity index (χ4v) is 2.47. The van der Waals surface area contributed by atoms with Crippen molar-refractivity contribution in [2.24, 2.45) is 0 Å². The van der Waals surface area contributed by atoms with Crippen LogP contribution in [0.4, 0.5) is 4.79 Å². The van der Waals surface area contributed by atoms with Gasteiger partial charge in [-0.3, -0.25) is 0 Å². The summed E-state index contributed by atoms with van der Waals surface area (Å²) in [5.41, 5.74) is 1.09. The van der Waals surface area contributed by atoms with E-state index in [2.05, 4.69) is 10.3 Å². The lowest BCUT2D eigenvalue weighted by Crippen LogP contribution is -2.35. The first-order valence-electron chi connectivity index (χ1n) is 7.76. The van der Waals surface area contributed by atoms with Crippen LogP contribution in [-0.2, 0) is 4.74 Å². The zero-order chi connectivity index (χ0) is 18.1. The largest absolute Gasteiger partial charge is 0.477 e. The van der Waals surface area contributed by atoms with Crippen molar-refractivity contribution in [3.8, 4) is 0 Å². The minimum atomic E-state index is -1.03. The van der Waals surface area contributed by atoms with Crippen LogP contribution in [0.5, 0.6) is 0 Å². The molecule has 2 heterocycles. The van der Waals surface area contributed by atoms with E-state index in [1.54, 1.807) is 37.6 Å². The van der Waals surface area contributed by atoms with Crippen molar-refractivity contribution in [3.05, 3.63) is 29.6 Å². The highest BCUT2D eigenvalue weighted by Gasteiger charge is 2.21. The number of nitrogens with one attached hydrogen (secondary N) is 1. The summed E-state index contributed by atoms with van der Waals surface area (Å²) in [5, 5.41) is 12.9. The maximum absolute atomic E-state index is 11.8. The van der Waals surface area contributed by atoms with E-state index in [1.165, 1.54) is 0 Å². The average molecular weight is 333 g/mol. The van der Waals surface area contributed by atoms with Crippen LogP contribution in [0, 0.1) is 6.92 Å². The molecule has 0 fully saturated rings. The number of amides is 1. The summed E-state index contributed by atoms with van der Waals surface area (Å²) in [5.74, 6) is -1.03. The van der Waals surface area contributed by atoms with Crippen LogP contribution in [0.25, 0.3) is 11.0 Å². The number of carboxylic acid groups (broad SMARTS) is 1. The Morgan fingerprint density at radius 2 is 2.04 bits per heavy atom. The lowest BCUT2D eigenvalue weighted by Gasteiger charge is -2.22. The number of fused-ring (bicyclic) bond motifs is 1. The fourth-order valence-electron chi connectivity index (χ4n) is 2.47. The Kier molecular flexibility index (Phi) is 4.82. The van der Waals surface area contributed by atoms with Gasteiger partial charge in [0.15, 0.2) is 0 Å². The normalized spacial score (nSPS) is 12.9. The molecule has 0 aromatic carbocycles. The second-order valence-electron chi connectivity index (χ2n) is 6.86. The number of hydrogen-bond donors (Lipinski definition) is 2. The molecule has 0 aliphatic rings. The lowest BCUT2D eigenvalue weighted by atomic mass is 10.2. The van der Waals surface area contributed by atoms with Crippen LogP contribution in [0.2, 0.25) is 0 Å². The van der Waals surface area contributed by atoms with Crippen LogP contribution in [0.1, 0.15) is 49.8 Å². The molecule has 2 aromatic rings. The van der Waals surface area contributed by atoms with Crippen molar-refractivity contribution < 1.29 is 19.4 Å². The molecule has 2 N–H and O–H groups in total. The average Bonchev–Trinajstić information content (AvgIpc) is 2.81. The van der Waals surface area contributed by atoms with Crippen LogP contribution in [0.3, 0.4) is 0 Å². The summed E-state index contributed by atoms with van der Waals surface area (Å²) >= 11 is 0. The molecule has 0 saturated heterocycles. The van der Waals surface area contributed by atoms with E-state index in [-0.39, 0.29) is 18.3 Å². The number of nitrogens with zero attached hydrogens (tertiary/aromatic N) is 2. The molecule has 24 heavy (non-hydrogen) atoms. The topological polar surface area (TPSA) is 93.5 Å². The number of carbonyl (C=O) groups is 2. The Labute approximate surface area is 140 Å². The van der Waals surface area contributed by atoms with Crippen molar-refractivity contribution in [3.63, 3.8) is 0 Å². The third-order valence-electron chi connectivity index (χ3n) is 3.41. The Hall–Kier alpha value is -2.57. The van der Waals surface area contributed by atoms with Gasteiger partial charge in [-0.25, -0.2) is 14.6 Å². The minimum Gasteiger partial charge on any atom is -0.477 e. The Bertz CT molecular complexity index is 774. The van der Waals surface area contributed by atoms with E-state index in [9.17, 15) is 14.7 Å². The van der Waals surface area contributed by atoms with Gasteiger partial charge in [0.25, 0.3) is 0 Å². The van der Waals surface area contributed by atoms with Gasteiger partial charge in [0, 0.05) is 18.1 Å². The van der Waals surface area contributed by atoms with Gasteiger partial charge >= 0.3 is 12.1 Å². The van der Waals surface area contributed by atoms with E-state index < -0.39 is 17.7 Å². The summed E-state index contributed by atoms with van der Waals surface area (Å²) in [6, 6.07) is 3.19. The number of aryl methyl sites for hydroxylation is 1. The summed E-state index contributed by atoms with van der Waals surface area (Å²) in [4.78, 5) is 27.7. The van der Waals surface area contributed by atoms with Gasteiger partial charge in [0.1, 0.15) is 16.9 Å². The number of hydrogen-bond acceptors (Lipinski definition) is 4. The van der Waals surface area contributed by atoms with E-state index in [0.29, 0.717) is 5.65 Å². The number of carbonyl (C=O) groups excluding carboxylic acids is 1. The highest BCUT2D eigenvalue weighted by atomic mass is 16.6. The standard InChI is InChI=1S/C17H23N3O4/c1-10-6-12-7-13(15(21)22)20(14(12)18-8-10)11(2)9-19-16(23)24-17(3,4)5/h6-8,11H,9H2,1-5H3,(H,19,23)(H,21,22). The van der Waals surface area contributed by atoms with Crippen molar-refractivity contribution in [2.75, 3.05) is 6.54 Å². The molecular weight excluding hydrogens is 310 g/mol. The second-order valence-corrected chi connectivity index (χ2v) is 6.86. The molecule has 2 rings (SSSR count). The fraction of sp³-hybridized carbons (Fsp3) is 0.471. The van der Waals surface area contributed by atoms with Crippen molar-refractivity contribution >= 4 is 23.1 Å². The molecule has 0 aliphatic heterocycles. The molecule has 130 valence electrons. The first-order chi connectivity index (χ1) is 11.1. The van der Waals surface area contributed by atoms with Gasteiger partial charge in [-0.1, -0.05) is 0 Å². The number of aromatic carboxylic acids is 1. The van der Waals surface area contributed by atoms with Gasteiger partial charge in [0.2, 0.25) is 0 Å². The summed E-state index contributed by atoms with van der Waals surface area (Å²) in [7, 11) is 0. The molecule has 0 saturated carbocycles. The van der Waals surface area contributed by atoms with Gasteiger partial charge < -0.3 is 19.7 Å². The summed E-state index contributed by atoms with van der Waals surface area (Å²) in [6.45, 7) is 9.30. The van der Waals surface area contributed by atoms with E-state index in [0.717, 1.165) is 10.9 Å². The first-order valence-corrected chi connectivity index (χ1v) is 7.76. The Balaban J connectivity index is 2.25. The molecule has 1 atom stereocenters. The van der Waals surface area contributed by atoms with Crippen LogP contribution < -0.4 is 5.32 Å². The zero-order valence-corrected chi connectivity index (χ0v) is 14.6. The molecule has 0 spiro atoms. The molecular formula is C17H23N3O4. The van der Waals surface area contributed by atoms with Crippen LogP contribution in [-0.4, -0.2) is 38.9 Å². The highest BCUT2D eigenvalue weighted by Crippen LogP contribution is 2.23. The monoisotopic (exact) mass is 333 g/mol. The minimum absolute atomic E-state index is 0.140. The number of aromatic nitrogens is 2. The smallest absolute Gasteiger partial charge is 0.407 e. The SMILES string of the molecule is Cc1cnc2c(c1)cc(C(=O)O)n2C(C)CNC(=O)OC(C)(C)C. The van der Waals surface area contributed by atoms with Gasteiger partial charge in [0.05, 0.1) is 6.04 Å². The molecule has 7 nitrogen and oxygen atoms in total. The molecule has 7 heteroatoms. The van der Waals surface area contributed by atoms with E-state index in [1.807, 2.05) is 19.9 Å². The maximum atomic E-state index is 11.8. The zero-order valence-electron chi connectivity index (χ0n) is 14.6. The maximum Gasteiger partial charge on any atom is 0.407 e. The number of pyridine rings is 1. The van der Waals surface area contributed by atoms with Crippen molar-refractivity contribution in [1.29, 1.82) is 0 Å². The molecule has 2 aromatic heterocycles. The first kappa shape index (κ1) is 17.8. The molecule has 0 radical (unpaired) electrons. The predicted octanol–water partition coefficient (Wildman–Crippen LogP) is 3.13. The van der Waals surface area contributed by atoms with E-state index >= 15 is 0 Å². The van der Waals surface area contributed by atoms with Crippen molar-refractivity contribution in [2.45, 2.75) is 46.3 Å². The predicted molar refractivity (Wildman–Crippen MR) is 90.4 cm³/mol. The number of carboxylic acids is 1. The van der Waals surface area contributed by atoms with Crippen LogP contribution in [0.15, 0.2) is 18.3 Å². The third kappa shape index (κ3) is 4.04. The molecule has 1 amide bonds. The Morgan fingerprint density at radius 3 is 2.62 bits per heavy atom. The Morgan fingerprint density at radius 1 is 1.38 bits per heavy atom. The summed E-state index contributed by atoms with van der Waals surface area (Å²) < 4.78 is 6.81. The highest BCUT2D eigenvalue weighted by molar-refractivity contribution is 5.93.